The second-order valence-corrected chi connectivity index (χ2v) is 3.87. The van der Waals surface area contributed by atoms with Crippen molar-refractivity contribution in [3.05, 3.63) is 11.8 Å². The molecule has 0 aliphatic heterocycles. The Morgan fingerprint density at radius 3 is 2.81 bits per heavy atom. The largest absolute Gasteiger partial charge is 0.396 e. The van der Waals surface area contributed by atoms with Crippen LogP contribution in [0.1, 0.15) is 30.6 Å². The molecule has 0 radical (unpaired) electrons. The molecular weight excluding hydrogens is 208 g/mol. The van der Waals surface area contributed by atoms with Crippen LogP contribution in [0.5, 0.6) is 0 Å². The molecule has 0 unspecified atom stereocenters. The van der Waals surface area contributed by atoms with Gasteiger partial charge in [0.1, 0.15) is 11.4 Å². The maximum atomic E-state index is 12.1. The number of hydrogen-bond acceptors (Lipinski definition) is 4. The lowest BCUT2D eigenvalue weighted by Crippen LogP contribution is -2.38. The van der Waals surface area contributed by atoms with Gasteiger partial charge in [-0.15, -0.1) is 0 Å². The monoisotopic (exact) mass is 226 g/mol. The second kappa shape index (κ2) is 5.50. The van der Waals surface area contributed by atoms with Crippen LogP contribution >= 0.6 is 0 Å². The van der Waals surface area contributed by atoms with E-state index in [9.17, 15) is 4.79 Å². The highest BCUT2D eigenvalue weighted by atomic mass is 16.3. The Hall–Kier alpha value is -1.56. The lowest BCUT2D eigenvalue weighted by molar-refractivity contribution is 0.0694. The van der Waals surface area contributed by atoms with Gasteiger partial charge in [-0.25, -0.2) is 0 Å². The lowest BCUT2D eigenvalue weighted by Gasteiger charge is -2.26. The third-order valence-corrected chi connectivity index (χ3v) is 2.34. The first-order chi connectivity index (χ1) is 7.57. The minimum absolute atomic E-state index is 0.0633. The number of nitrogens with two attached hydrogens (primary N) is 1. The molecular formula is C10H18N4O2. The van der Waals surface area contributed by atoms with Gasteiger partial charge in [-0.2, -0.15) is 5.10 Å². The van der Waals surface area contributed by atoms with Crippen LogP contribution in [0, 0.1) is 0 Å². The summed E-state index contributed by atoms with van der Waals surface area (Å²) in [4.78, 5) is 13.7. The van der Waals surface area contributed by atoms with E-state index in [0.29, 0.717) is 18.5 Å². The summed E-state index contributed by atoms with van der Waals surface area (Å²) in [6.45, 7) is 4.42. The SMILES string of the molecule is CC(C)N(CCCO)C(=O)c1cn[nH]c1N. The normalized spacial score (nSPS) is 10.8. The number of aliphatic hydroxyl groups is 1. The topological polar surface area (TPSA) is 95.2 Å². The molecule has 0 saturated heterocycles. The zero-order valence-electron chi connectivity index (χ0n) is 9.60. The van der Waals surface area contributed by atoms with Crippen LogP contribution in [-0.2, 0) is 0 Å². The second-order valence-electron chi connectivity index (χ2n) is 3.87. The van der Waals surface area contributed by atoms with E-state index in [2.05, 4.69) is 10.2 Å². The fourth-order valence-corrected chi connectivity index (χ4v) is 1.46. The molecule has 0 bridgehead atoms. The molecule has 4 N–H and O–H groups in total. The maximum Gasteiger partial charge on any atom is 0.259 e. The Labute approximate surface area is 94.4 Å². The highest BCUT2D eigenvalue weighted by Crippen LogP contribution is 2.12. The van der Waals surface area contributed by atoms with Crippen LogP contribution in [-0.4, -0.2) is 45.3 Å². The van der Waals surface area contributed by atoms with Crippen LogP contribution in [0.3, 0.4) is 0 Å². The van der Waals surface area contributed by atoms with E-state index in [0.717, 1.165) is 0 Å². The van der Waals surface area contributed by atoms with Gasteiger partial charge in [-0.3, -0.25) is 9.89 Å². The molecule has 1 aromatic rings. The van der Waals surface area contributed by atoms with E-state index in [-0.39, 0.29) is 24.4 Å². The molecule has 0 saturated carbocycles. The predicted octanol–water partition coefficient (Wildman–Crippen LogP) is 0.225. The van der Waals surface area contributed by atoms with Crippen molar-refractivity contribution in [3.63, 3.8) is 0 Å². The molecule has 6 heteroatoms. The van der Waals surface area contributed by atoms with E-state index in [1.807, 2.05) is 13.8 Å². The predicted molar refractivity (Wildman–Crippen MR) is 60.9 cm³/mol. The summed E-state index contributed by atoms with van der Waals surface area (Å²) >= 11 is 0. The molecule has 6 nitrogen and oxygen atoms in total. The number of anilines is 1. The molecule has 16 heavy (non-hydrogen) atoms. The maximum absolute atomic E-state index is 12.1. The minimum Gasteiger partial charge on any atom is -0.396 e. The first kappa shape index (κ1) is 12.5. The van der Waals surface area contributed by atoms with Gasteiger partial charge in [-0.1, -0.05) is 0 Å². The fourth-order valence-electron chi connectivity index (χ4n) is 1.46. The Morgan fingerprint density at radius 2 is 2.38 bits per heavy atom. The number of nitrogen functional groups attached to an aromatic ring is 1. The number of rotatable bonds is 5. The van der Waals surface area contributed by atoms with Crippen molar-refractivity contribution in [2.75, 3.05) is 18.9 Å². The first-order valence-electron chi connectivity index (χ1n) is 5.28. The Morgan fingerprint density at radius 1 is 1.69 bits per heavy atom. The average molecular weight is 226 g/mol. The smallest absolute Gasteiger partial charge is 0.259 e. The van der Waals surface area contributed by atoms with Gasteiger partial charge in [0, 0.05) is 19.2 Å². The molecule has 0 spiro atoms. The molecule has 1 amide bonds. The first-order valence-corrected chi connectivity index (χ1v) is 5.28. The highest BCUT2D eigenvalue weighted by Gasteiger charge is 2.21. The van der Waals surface area contributed by atoms with E-state index in [4.69, 9.17) is 10.8 Å². The van der Waals surface area contributed by atoms with Crippen molar-refractivity contribution in [1.29, 1.82) is 0 Å². The van der Waals surface area contributed by atoms with Crippen LogP contribution < -0.4 is 5.73 Å². The van der Waals surface area contributed by atoms with Crippen molar-refractivity contribution < 1.29 is 9.90 Å². The summed E-state index contributed by atoms with van der Waals surface area (Å²) in [7, 11) is 0. The molecule has 0 aliphatic rings. The highest BCUT2D eigenvalue weighted by molar-refractivity contribution is 5.98. The number of nitrogens with zero attached hydrogens (tertiary/aromatic N) is 2. The van der Waals surface area contributed by atoms with Gasteiger partial charge in [0.2, 0.25) is 0 Å². The van der Waals surface area contributed by atoms with Gasteiger partial charge in [0.05, 0.1) is 6.20 Å². The molecule has 0 fully saturated rings. The molecule has 1 heterocycles. The molecule has 0 aliphatic carbocycles. The zero-order chi connectivity index (χ0) is 12.1. The zero-order valence-corrected chi connectivity index (χ0v) is 9.60. The van der Waals surface area contributed by atoms with E-state index in [1.165, 1.54) is 6.20 Å². The third kappa shape index (κ3) is 2.73. The van der Waals surface area contributed by atoms with Gasteiger partial charge >= 0.3 is 0 Å². The van der Waals surface area contributed by atoms with Crippen LogP contribution in [0.25, 0.3) is 0 Å². The Kier molecular flexibility index (Phi) is 4.30. The molecule has 1 rings (SSSR count). The summed E-state index contributed by atoms with van der Waals surface area (Å²) in [6.07, 6.45) is 1.98. The number of amides is 1. The standard InChI is InChI=1S/C10H18N4O2/c1-7(2)14(4-3-5-15)10(16)8-6-12-13-9(8)11/h6-7,15H,3-5H2,1-2H3,(H3,11,12,13). The minimum atomic E-state index is -0.158. The summed E-state index contributed by atoms with van der Waals surface area (Å²) in [6, 6.07) is 0.0633. The van der Waals surface area contributed by atoms with E-state index < -0.39 is 0 Å². The summed E-state index contributed by atoms with van der Waals surface area (Å²) in [5.74, 6) is 0.120. The van der Waals surface area contributed by atoms with Crippen molar-refractivity contribution in [2.45, 2.75) is 26.3 Å². The van der Waals surface area contributed by atoms with Gasteiger partial charge < -0.3 is 15.7 Å². The van der Waals surface area contributed by atoms with Crippen molar-refractivity contribution >= 4 is 11.7 Å². The fraction of sp³-hybridized carbons (Fsp3) is 0.600. The number of H-pyrrole nitrogens is 1. The van der Waals surface area contributed by atoms with E-state index >= 15 is 0 Å². The quantitative estimate of drug-likeness (QED) is 0.669. The van der Waals surface area contributed by atoms with Crippen molar-refractivity contribution in [2.24, 2.45) is 0 Å². The molecule has 1 aromatic heterocycles. The third-order valence-electron chi connectivity index (χ3n) is 2.34. The number of aromatic nitrogens is 2. The molecule has 0 aromatic carbocycles. The molecule has 0 atom stereocenters. The van der Waals surface area contributed by atoms with E-state index in [1.54, 1.807) is 4.90 Å². The van der Waals surface area contributed by atoms with Crippen molar-refractivity contribution in [3.8, 4) is 0 Å². The van der Waals surface area contributed by atoms with Crippen LogP contribution in [0.4, 0.5) is 5.82 Å². The van der Waals surface area contributed by atoms with Gasteiger partial charge in [0.25, 0.3) is 5.91 Å². The summed E-state index contributed by atoms with van der Waals surface area (Å²) in [5.41, 5.74) is 5.97. The Balaban J connectivity index is 2.79. The van der Waals surface area contributed by atoms with Crippen molar-refractivity contribution in [1.82, 2.24) is 15.1 Å². The Bertz CT molecular complexity index is 348. The molecule has 90 valence electrons. The summed E-state index contributed by atoms with van der Waals surface area (Å²) in [5, 5.41) is 15.0. The van der Waals surface area contributed by atoms with Crippen LogP contribution in [0.15, 0.2) is 6.20 Å². The number of carbonyl (C=O) groups is 1. The van der Waals surface area contributed by atoms with Crippen LogP contribution in [0.2, 0.25) is 0 Å². The number of nitrogens with one attached hydrogen (secondary N) is 1. The number of hydrogen-bond donors (Lipinski definition) is 3. The van der Waals surface area contributed by atoms with Gasteiger partial charge in [-0.05, 0) is 20.3 Å². The number of aliphatic hydroxyl groups excluding tert-OH is 1. The number of aromatic amines is 1. The number of carbonyl (C=O) groups excluding carboxylic acids is 1. The van der Waals surface area contributed by atoms with Gasteiger partial charge in [0.15, 0.2) is 0 Å². The summed E-state index contributed by atoms with van der Waals surface area (Å²) < 4.78 is 0. The average Bonchev–Trinajstić information content (AvgIpc) is 2.64. The lowest BCUT2D eigenvalue weighted by atomic mass is 10.2.